The molecular weight excluding hydrogens is 320 g/mol. The zero-order valence-corrected chi connectivity index (χ0v) is 14.6. The number of likely N-dealkylation sites (tertiary alicyclic amines) is 1. The van der Waals surface area contributed by atoms with Crippen molar-refractivity contribution in [2.24, 2.45) is 0 Å². The molecule has 5 rings (SSSR count). The van der Waals surface area contributed by atoms with Gasteiger partial charge in [-0.15, -0.1) is 10.2 Å². The minimum Gasteiger partial charge on any atom is -0.424 e. The molecular formula is C17H24N6O2. The lowest BCUT2D eigenvalue weighted by molar-refractivity contribution is 0.209. The van der Waals surface area contributed by atoms with E-state index in [0.29, 0.717) is 17.9 Å². The van der Waals surface area contributed by atoms with Crippen LogP contribution in [0.4, 0.5) is 0 Å². The molecule has 134 valence electrons. The van der Waals surface area contributed by atoms with Crippen molar-refractivity contribution in [3.63, 3.8) is 0 Å². The fraction of sp³-hybridized carbons (Fsp3) is 0.765. The highest BCUT2D eigenvalue weighted by Gasteiger charge is 2.32. The van der Waals surface area contributed by atoms with Gasteiger partial charge in [-0.25, -0.2) is 0 Å². The molecule has 1 atom stereocenters. The van der Waals surface area contributed by atoms with Crippen molar-refractivity contribution in [1.29, 1.82) is 0 Å². The zero-order valence-electron chi connectivity index (χ0n) is 14.6. The first-order valence-electron chi connectivity index (χ1n) is 9.32. The standard InChI is InChI=1S/C17H24N6O2/c1-22(9-14-18-16(25-21-14)11-2-3-11)13-6-7-23(8-13)10-15-19-20-17(24-15)12-4-5-12/h11-13H,2-10H2,1H3/t13-/m1/s1. The Morgan fingerprint density at radius 1 is 1.08 bits per heavy atom. The molecule has 0 amide bonds. The van der Waals surface area contributed by atoms with Crippen molar-refractivity contribution in [2.75, 3.05) is 20.1 Å². The van der Waals surface area contributed by atoms with Gasteiger partial charge in [0, 0.05) is 31.0 Å². The predicted molar refractivity (Wildman–Crippen MR) is 87.7 cm³/mol. The van der Waals surface area contributed by atoms with Crippen LogP contribution >= 0.6 is 0 Å². The largest absolute Gasteiger partial charge is 0.424 e. The van der Waals surface area contributed by atoms with Crippen molar-refractivity contribution in [3.05, 3.63) is 23.5 Å². The lowest BCUT2D eigenvalue weighted by atomic mass is 10.2. The maximum Gasteiger partial charge on any atom is 0.230 e. The highest BCUT2D eigenvalue weighted by atomic mass is 16.5. The number of hydrogen-bond donors (Lipinski definition) is 0. The summed E-state index contributed by atoms with van der Waals surface area (Å²) in [6, 6.07) is 0.494. The summed E-state index contributed by atoms with van der Waals surface area (Å²) in [6.45, 7) is 3.54. The Morgan fingerprint density at radius 3 is 2.68 bits per heavy atom. The molecule has 2 aromatic heterocycles. The van der Waals surface area contributed by atoms with Gasteiger partial charge in [0.05, 0.1) is 13.1 Å². The summed E-state index contributed by atoms with van der Waals surface area (Å²) < 4.78 is 11.1. The summed E-state index contributed by atoms with van der Waals surface area (Å²) in [6.07, 6.45) is 5.89. The van der Waals surface area contributed by atoms with E-state index in [4.69, 9.17) is 8.94 Å². The number of hydrogen-bond acceptors (Lipinski definition) is 8. The van der Waals surface area contributed by atoms with Gasteiger partial charge in [0.25, 0.3) is 0 Å². The van der Waals surface area contributed by atoms with E-state index in [2.05, 4.69) is 37.2 Å². The molecule has 2 saturated carbocycles. The second-order valence-corrected chi connectivity index (χ2v) is 7.72. The van der Waals surface area contributed by atoms with Gasteiger partial charge in [0.15, 0.2) is 5.82 Å². The van der Waals surface area contributed by atoms with E-state index in [1.807, 2.05) is 0 Å². The van der Waals surface area contributed by atoms with Crippen LogP contribution in [0.25, 0.3) is 0 Å². The Kier molecular flexibility index (Phi) is 3.82. The first-order chi connectivity index (χ1) is 12.2. The topological polar surface area (TPSA) is 84.3 Å². The van der Waals surface area contributed by atoms with Gasteiger partial charge in [-0.2, -0.15) is 4.98 Å². The summed E-state index contributed by atoms with van der Waals surface area (Å²) in [5.41, 5.74) is 0. The van der Waals surface area contributed by atoms with Crippen LogP contribution in [0.1, 0.15) is 67.4 Å². The minimum absolute atomic E-state index is 0.494. The summed E-state index contributed by atoms with van der Waals surface area (Å²) in [5.74, 6) is 4.23. The summed E-state index contributed by atoms with van der Waals surface area (Å²) >= 11 is 0. The van der Waals surface area contributed by atoms with Crippen LogP contribution in [0, 0.1) is 0 Å². The Bertz CT molecular complexity index is 735. The molecule has 3 heterocycles. The fourth-order valence-corrected chi connectivity index (χ4v) is 3.51. The van der Waals surface area contributed by atoms with Crippen molar-refractivity contribution >= 4 is 0 Å². The molecule has 0 N–H and O–H groups in total. The number of nitrogens with zero attached hydrogens (tertiary/aromatic N) is 6. The van der Waals surface area contributed by atoms with Crippen LogP contribution in [-0.2, 0) is 13.1 Å². The van der Waals surface area contributed by atoms with E-state index in [1.54, 1.807) is 0 Å². The second-order valence-electron chi connectivity index (χ2n) is 7.72. The molecule has 1 aliphatic heterocycles. The van der Waals surface area contributed by atoms with Crippen LogP contribution in [0.5, 0.6) is 0 Å². The molecule has 8 heteroatoms. The highest BCUT2D eigenvalue weighted by molar-refractivity contribution is 5.02. The quantitative estimate of drug-likeness (QED) is 0.753. The average molecular weight is 344 g/mol. The van der Waals surface area contributed by atoms with Gasteiger partial charge in [-0.05, 0) is 39.2 Å². The van der Waals surface area contributed by atoms with E-state index in [9.17, 15) is 0 Å². The third kappa shape index (κ3) is 3.46. The normalized spacial score (nSPS) is 24.5. The van der Waals surface area contributed by atoms with Gasteiger partial charge in [0.1, 0.15) is 0 Å². The molecule has 25 heavy (non-hydrogen) atoms. The number of rotatable bonds is 7. The fourth-order valence-electron chi connectivity index (χ4n) is 3.51. The predicted octanol–water partition coefficient (Wildman–Crippen LogP) is 1.91. The Hall–Kier alpha value is -1.80. The molecule has 0 bridgehead atoms. The smallest absolute Gasteiger partial charge is 0.230 e. The van der Waals surface area contributed by atoms with Crippen LogP contribution in [0.15, 0.2) is 8.94 Å². The van der Waals surface area contributed by atoms with Crippen LogP contribution in [0.2, 0.25) is 0 Å². The zero-order chi connectivity index (χ0) is 16.8. The lowest BCUT2D eigenvalue weighted by Crippen LogP contribution is -2.34. The molecule has 0 unspecified atom stereocenters. The summed E-state index contributed by atoms with van der Waals surface area (Å²) in [7, 11) is 2.14. The first kappa shape index (κ1) is 15.5. The van der Waals surface area contributed by atoms with E-state index in [-0.39, 0.29) is 0 Å². The molecule has 2 aliphatic carbocycles. The van der Waals surface area contributed by atoms with Gasteiger partial charge < -0.3 is 8.94 Å². The molecule has 3 fully saturated rings. The summed E-state index contributed by atoms with van der Waals surface area (Å²) in [5, 5.41) is 12.5. The van der Waals surface area contributed by atoms with Crippen molar-refractivity contribution in [1.82, 2.24) is 30.1 Å². The molecule has 2 aromatic rings. The second kappa shape index (κ2) is 6.17. The first-order valence-corrected chi connectivity index (χ1v) is 9.32. The summed E-state index contributed by atoms with van der Waals surface area (Å²) in [4.78, 5) is 9.24. The number of aromatic nitrogens is 4. The van der Waals surface area contributed by atoms with E-state index >= 15 is 0 Å². The molecule has 0 spiro atoms. The third-order valence-corrected chi connectivity index (χ3v) is 5.44. The molecule has 8 nitrogen and oxygen atoms in total. The molecule has 0 aromatic carbocycles. The molecule has 0 radical (unpaired) electrons. The monoisotopic (exact) mass is 344 g/mol. The van der Waals surface area contributed by atoms with Gasteiger partial charge in [0.2, 0.25) is 17.7 Å². The number of likely N-dealkylation sites (N-methyl/N-ethyl adjacent to an activating group) is 1. The SMILES string of the molecule is CN(Cc1noc(C2CC2)n1)[C@@H]1CCN(Cc2nnc(C3CC3)o2)C1. The Balaban J connectivity index is 1.13. The van der Waals surface area contributed by atoms with Crippen LogP contribution < -0.4 is 0 Å². The molecule has 1 saturated heterocycles. The minimum atomic E-state index is 0.494. The maximum absolute atomic E-state index is 5.78. The Labute approximate surface area is 146 Å². The maximum atomic E-state index is 5.78. The van der Waals surface area contributed by atoms with E-state index in [0.717, 1.165) is 56.1 Å². The van der Waals surface area contributed by atoms with Crippen LogP contribution in [-0.4, -0.2) is 56.3 Å². The van der Waals surface area contributed by atoms with Crippen molar-refractivity contribution < 1.29 is 8.94 Å². The van der Waals surface area contributed by atoms with Gasteiger partial charge in [-0.1, -0.05) is 5.16 Å². The van der Waals surface area contributed by atoms with Crippen LogP contribution in [0.3, 0.4) is 0 Å². The third-order valence-electron chi connectivity index (χ3n) is 5.44. The van der Waals surface area contributed by atoms with Crippen molar-refractivity contribution in [3.8, 4) is 0 Å². The van der Waals surface area contributed by atoms with Crippen molar-refractivity contribution in [2.45, 2.75) is 63.1 Å². The van der Waals surface area contributed by atoms with Gasteiger partial charge >= 0.3 is 0 Å². The Morgan fingerprint density at radius 2 is 1.88 bits per heavy atom. The average Bonchev–Trinajstić information content (AvgIpc) is 3.50. The van der Waals surface area contributed by atoms with Gasteiger partial charge in [-0.3, -0.25) is 9.80 Å². The van der Waals surface area contributed by atoms with E-state index in [1.165, 1.54) is 25.7 Å². The highest BCUT2D eigenvalue weighted by Crippen LogP contribution is 2.39. The lowest BCUT2D eigenvalue weighted by Gasteiger charge is -2.22. The van der Waals surface area contributed by atoms with E-state index < -0.39 is 0 Å². The molecule has 3 aliphatic rings.